The maximum absolute atomic E-state index is 13.9. The van der Waals surface area contributed by atoms with Crippen LogP contribution in [0, 0.1) is 12.3 Å². The number of piperazine rings is 1. The molecule has 3 amide bonds. The van der Waals surface area contributed by atoms with Gasteiger partial charge in [0.05, 0.1) is 18.3 Å². The van der Waals surface area contributed by atoms with E-state index in [-0.39, 0.29) is 34.6 Å². The molecule has 13 heteroatoms. The molecule has 5 heterocycles. The Balaban J connectivity index is 1.20. The van der Waals surface area contributed by atoms with Gasteiger partial charge in [-0.1, -0.05) is 26.5 Å². The van der Waals surface area contributed by atoms with Crippen LogP contribution in [-0.2, 0) is 36.0 Å². The lowest BCUT2D eigenvalue weighted by molar-refractivity contribution is -0.137. The zero-order valence-corrected chi connectivity index (χ0v) is 29.9. The van der Waals surface area contributed by atoms with Crippen molar-refractivity contribution in [2.45, 2.75) is 46.2 Å². The molecule has 0 radical (unpaired) electrons. The van der Waals surface area contributed by atoms with E-state index >= 15 is 0 Å². The van der Waals surface area contributed by atoms with Crippen molar-refractivity contribution in [2.24, 2.45) is 12.5 Å². The van der Waals surface area contributed by atoms with E-state index in [1.165, 1.54) is 21.9 Å². The molecule has 2 N–H and O–H groups in total. The number of aryl methyl sites for hydroxylation is 1. The number of anilines is 4. The number of nitrogens with zero attached hydrogens (tertiary/aromatic N) is 7. The predicted molar refractivity (Wildman–Crippen MR) is 196 cm³/mol. The zero-order valence-electron chi connectivity index (χ0n) is 29.9. The fourth-order valence-corrected chi connectivity index (χ4v) is 7.66. The third kappa shape index (κ3) is 6.11. The Hall–Kier alpha value is -5.56. The second-order valence-corrected chi connectivity index (χ2v) is 14.7. The summed E-state index contributed by atoms with van der Waals surface area (Å²) in [6.07, 6.45) is 6.43. The average Bonchev–Trinajstić information content (AvgIpc) is 3.57. The van der Waals surface area contributed by atoms with E-state index in [0.29, 0.717) is 54.8 Å². The van der Waals surface area contributed by atoms with E-state index < -0.39 is 5.91 Å². The van der Waals surface area contributed by atoms with Gasteiger partial charge in [-0.25, -0.2) is 9.97 Å². The van der Waals surface area contributed by atoms with E-state index in [4.69, 9.17) is 4.98 Å². The number of benzene rings is 1. The molecule has 13 nitrogen and oxygen atoms in total. The van der Waals surface area contributed by atoms with Crippen LogP contribution in [0.2, 0.25) is 0 Å². The maximum atomic E-state index is 13.9. The summed E-state index contributed by atoms with van der Waals surface area (Å²) in [6, 6.07) is 8.94. The molecule has 1 atom stereocenters. The fraction of sp³-hybridized carbons (Fsp3) is 0.368. The van der Waals surface area contributed by atoms with Gasteiger partial charge >= 0.3 is 0 Å². The van der Waals surface area contributed by atoms with Crippen molar-refractivity contribution in [3.8, 4) is 11.3 Å². The molecule has 3 aromatic heterocycles. The minimum absolute atomic E-state index is 0.0253. The van der Waals surface area contributed by atoms with Crippen LogP contribution in [0.1, 0.15) is 52.8 Å². The zero-order chi connectivity index (χ0) is 36.4. The summed E-state index contributed by atoms with van der Waals surface area (Å²) < 4.78 is 3.64. The second kappa shape index (κ2) is 12.6. The molecule has 0 saturated carbocycles. The molecule has 3 aliphatic rings. The minimum Gasteiger partial charge on any atom is -0.339 e. The van der Waals surface area contributed by atoms with Gasteiger partial charge in [0.15, 0.2) is 5.82 Å². The molecule has 2 aliphatic heterocycles. The number of amides is 3. The Morgan fingerprint density at radius 1 is 1.06 bits per heavy atom. The van der Waals surface area contributed by atoms with Gasteiger partial charge in [-0.05, 0) is 73.7 Å². The first-order valence-corrected chi connectivity index (χ1v) is 17.1. The van der Waals surface area contributed by atoms with E-state index in [0.717, 1.165) is 29.5 Å². The number of carbonyl (C=O) groups excluding carboxylic acids is 3. The molecule has 7 rings (SSSR count). The number of pyridine rings is 1. The first-order valence-electron chi connectivity index (χ1n) is 17.1. The van der Waals surface area contributed by atoms with Gasteiger partial charge in [0, 0.05) is 74.3 Å². The molecule has 264 valence electrons. The third-order valence-corrected chi connectivity index (χ3v) is 10.3. The van der Waals surface area contributed by atoms with Crippen LogP contribution in [0.15, 0.2) is 60.2 Å². The second-order valence-electron chi connectivity index (χ2n) is 14.7. The summed E-state index contributed by atoms with van der Waals surface area (Å²) in [5.41, 5.74) is 6.85. The molecule has 1 fully saturated rings. The lowest BCUT2D eigenvalue weighted by Gasteiger charge is -2.38. The van der Waals surface area contributed by atoms with Crippen LogP contribution >= 0.6 is 0 Å². The maximum Gasteiger partial charge on any atom is 0.293 e. The van der Waals surface area contributed by atoms with Gasteiger partial charge in [-0.15, -0.1) is 0 Å². The topological polar surface area (TPSA) is 138 Å². The van der Waals surface area contributed by atoms with Crippen molar-refractivity contribution in [1.82, 2.24) is 28.9 Å². The Kier molecular flexibility index (Phi) is 8.41. The lowest BCUT2D eigenvalue weighted by atomic mass is 9.90. The van der Waals surface area contributed by atoms with Crippen LogP contribution in [0.3, 0.4) is 0 Å². The van der Waals surface area contributed by atoms with Crippen molar-refractivity contribution >= 4 is 40.7 Å². The minimum atomic E-state index is -0.403. The van der Waals surface area contributed by atoms with Crippen LogP contribution in [-0.4, -0.2) is 80.4 Å². The van der Waals surface area contributed by atoms with Crippen molar-refractivity contribution in [1.29, 1.82) is 0 Å². The van der Waals surface area contributed by atoms with Crippen molar-refractivity contribution < 1.29 is 14.4 Å². The quantitative estimate of drug-likeness (QED) is 0.278. The Morgan fingerprint density at radius 3 is 2.61 bits per heavy atom. The first kappa shape index (κ1) is 33.9. The summed E-state index contributed by atoms with van der Waals surface area (Å²) in [5.74, 6) is 0.138. The number of aromatic nitrogens is 4. The van der Waals surface area contributed by atoms with Crippen molar-refractivity contribution in [3.63, 3.8) is 0 Å². The van der Waals surface area contributed by atoms with Crippen molar-refractivity contribution in [2.75, 3.05) is 49.3 Å². The summed E-state index contributed by atoms with van der Waals surface area (Å²) in [5, 5.41) is 6.03. The highest BCUT2D eigenvalue weighted by molar-refractivity contribution is 6.06. The smallest absolute Gasteiger partial charge is 0.293 e. The normalized spacial score (nSPS) is 18.4. The van der Waals surface area contributed by atoms with Gasteiger partial charge in [-0.3, -0.25) is 29.0 Å². The monoisotopic (exact) mass is 689 g/mol. The lowest BCUT2D eigenvalue weighted by Crippen LogP contribution is -2.48. The van der Waals surface area contributed by atoms with Crippen molar-refractivity contribution in [3.05, 3.63) is 93.8 Å². The molecular formula is C38H43N9O4. The van der Waals surface area contributed by atoms with Crippen LogP contribution in [0.25, 0.3) is 11.3 Å². The summed E-state index contributed by atoms with van der Waals surface area (Å²) in [4.78, 5) is 67.1. The molecule has 0 spiro atoms. The van der Waals surface area contributed by atoms with Gasteiger partial charge < -0.3 is 24.7 Å². The van der Waals surface area contributed by atoms with E-state index in [2.05, 4.69) is 46.7 Å². The number of nitrogens with one attached hydrogen (secondary N) is 2. The van der Waals surface area contributed by atoms with Gasteiger partial charge in [-0.2, -0.15) is 0 Å². The molecule has 1 aliphatic carbocycles. The van der Waals surface area contributed by atoms with Crippen LogP contribution < -0.4 is 21.1 Å². The fourth-order valence-electron chi connectivity index (χ4n) is 7.66. The average molecular weight is 690 g/mol. The summed E-state index contributed by atoms with van der Waals surface area (Å²) in [6.45, 7) is 12.1. The highest BCUT2D eigenvalue weighted by atomic mass is 16.2. The number of hydrogen-bond donors (Lipinski definition) is 2. The number of hydrogen-bond acceptors (Lipinski definition) is 8. The molecule has 4 aromatic rings. The molecule has 0 unspecified atom stereocenters. The van der Waals surface area contributed by atoms with E-state index in [1.807, 2.05) is 31.0 Å². The van der Waals surface area contributed by atoms with Gasteiger partial charge in [0.1, 0.15) is 11.5 Å². The van der Waals surface area contributed by atoms with Crippen LogP contribution in [0.4, 0.5) is 23.0 Å². The highest BCUT2D eigenvalue weighted by Gasteiger charge is 2.37. The van der Waals surface area contributed by atoms with Gasteiger partial charge in [0.25, 0.3) is 11.5 Å². The number of fused-ring (bicyclic) bond motifs is 3. The summed E-state index contributed by atoms with van der Waals surface area (Å²) >= 11 is 0. The van der Waals surface area contributed by atoms with Gasteiger partial charge in [0.2, 0.25) is 11.8 Å². The largest absolute Gasteiger partial charge is 0.339 e. The standard InChI is InChI=1S/C38H43N9O4/c1-8-32(48)41-27-16-24(9-10-26(27)31-20-43(5)21-33(49)45(31)7)40-34-37(51)44(6)19-28(42-34)25-11-12-39-35(22(25)2)47-14-13-46-29(36(47)50)15-23-17-38(3,4)18-30(23)46/h8-12,15-16,19,31H,1,13-14,17-18,20-21H2,2-7H3,(H,40,42)(H,41,48)/t31-/m0/s1. The number of rotatable bonds is 7. The third-order valence-electron chi connectivity index (χ3n) is 10.3. The predicted octanol–water partition coefficient (Wildman–Crippen LogP) is 4.05. The Bertz CT molecular complexity index is 2180. The molecule has 1 saturated heterocycles. The number of carbonyl (C=O) groups is 3. The SMILES string of the molecule is C=CC(=O)Nc1cc(Nc2nc(-c3ccnc(N4CCn5c(cc6c5CC(C)(C)C6)C4=O)c3C)cn(C)c2=O)ccc1[C@@H]1CN(C)CC(=O)N1C. The summed E-state index contributed by atoms with van der Waals surface area (Å²) in [7, 11) is 5.29. The molecule has 1 aromatic carbocycles. The molecular weight excluding hydrogens is 646 g/mol. The Labute approximate surface area is 296 Å². The Morgan fingerprint density at radius 2 is 1.84 bits per heavy atom. The first-order chi connectivity index (χ1) is 24.2. The van der Waals surface area contributed by atoms with E-state index in [9.17, 15) is 19.2 Å². The molecule has 51 heavy (non-hydrogen) atoms. The molecule has 0 bridgehead atoms. The number of likely N-dealkylation sites (N-methyl/N-ethyl adjacent to an activating group) is 2. The van der Waals surface area contributed by atoms with Crippen LogP contribution in [0.5, 0.6) is 0 Å². The highest BCUT2D eigenvalue weighted by Crippen LogP contribution is 2.40. The van der Waals surface area contributed by atoms with E-state index in [1.54, 1.807) is 48.4 Å².